The van der Waals surface area contributed by atoms with Gasteiger partial charge in [0.2, 0.25) is 21.1 Å². The van der Waals surface area contributed by atoms with Gasteiger partial charge in [-0.1, -0.05) is 23.9 Å². The van der Waals surface area contributed by atoms with Crippen LogP contribution in [0.3, 0.4) is 0 Å². The van der Waals surface area contributed by atoms with Gasteiger partial charge >= 0.3 is 0 Å². The van der Waals surface area contributed by atoms with E-state index in [1.54, 1.807) is 30.6 Å². The van der Waals surface area contributed by atoms with Crippen LogP contribution in [-0.4, -0.2) is 46.5 Å². The van der Waals surface area contributed by atoms with E-state index in [2.05, 4.69) is 20.5 Å². The molecule has 10 nitrogen and oxygen atoms in total. The highest BCUT2D eigenvalue weighted by atomic mass is 32.2. The second-order valence-corrected chi connectivity index (χ2v) is 8.50. The molecule has 0 radical (unpaired) electrons. The highest BCUT2D eigenvalue weighted by Crippen LogP contribution is 2.20. The van der Waals surface area contributed by atoms with Gasteiger partial charge in [0.15, 0.2) is 5.82 Å². The number of rotatable bonds is 8. The number of hydrogen-bond donors (Lipinski definition) is 3. The van der Waals surface area contributed by atoms with E-state index < -0.39 is 10.0 Å². The fourth-order valence-electron chi connectivity index (χ4n) is 2.44. The van der Waals surface area contributed by atoms with Crippen LogP contribution in [0.5, 0.6) is 0 Å². The van der Waals surface area contributed by atoms with Gasteiger partial charge in [-0.25, -0.2) is 18.2 Å². The lowest BCUT2D eigenvalue weighted by Crippen LogP contribution is -2.27. The molecule has 0 spiro atoms. The smallest absolute Gasteiger partial charge is 0.238 e. The number of sulfonamides is 1. The van der Waals surface area contributed by atoms with Gasteiger partial charge < -0.3 is 11.2 Å². The van der Waals surface area contributed by atoms with Gasteiger partial charge in [-0.3, -0.25) is 9.78 Å². The lowest BCUT2D eigenvalue weighted by molar-refractivity contribution is -0.118. The molecule has 0 aliphatic rings. The van der Waals surface area contributed by atoms with Crippen molar-refractivity contribution in [1.82, 2.24) is 25.2 Å². The Bertz CT molecular complexity index is 1080. The van der Waals surface area contributed by atoms with Crippen molar-refractivity contribution in [2.75, 3.05) is 18.1 Å². The largest absolute Gasteiger partial charge is 0.355 e. The minimum Gasteiger partial charge on any atom is -0.355 e. The number of aromatic nitrogens is 4. The highest BCUT2D eigenvalue weighted by Gasteiger charge is 2.14. The van der Waals surface area contributed by atoms with Gasteiger partial charge in [0.05, 0.1) is 10.6 Å². The minimum absolute atomic E-state index is 0.0539. The summed E-state index contributed by atoms with van der Waals surface area (Å²) in [6.07, 6.45) is 3.83. The molecule has 2 aromatic heterocycles. The summed E-state index contributed by atoms with van der Waals surface area (Å²) in [6, 6.07) is 9.80. The van der Waals surface area contributed by atoms with Gasteiger partial charge in [-0.15, -0.1) is 10.2 Å². The number of nitrogen functional groups attached to an aromatic ring is 1. The highest BCUT2D eigenvalue weighted by molar-refractivity contribution is 7.99. The summed E-state index contributed by atoms with van der Waals surface area (Å²) >= 11 is 1.17. The summed E-state index contributed by atoms with van der Waals surface area (Å²) in [5.74, 6) is 6.42. The SMILES string of the molecule is Nn1c(SCC(=O)NCCc2ccc(S(N)(=O)=O)cc2)nnc1-c1cccnc1. The van der Waals surface area contributed by atoms with Crippen molar-refractivity contribution in [2.45, 2.75) is 16.5 Å². The van der Waals surface area contributed by atoms with Crippen LogP contribution in [0.4, 0.5) is 0 Å². The summed E-state index contributed by atoms with van der Waals surface area (Å²) < 4.78 is 23.8. The van der Waals surface area contributed by atoms with E-state index in [1.165, 1.54) is 28.6 Å². The standard InChI is InChI=1S/C17H19N7O3S2/c18-24-16(13-2-1-8-20-10-13)22-23-17(24)28-11-15(25)21-9-7-12-3-5-14(6-4-12)29(19,26)27/h1-6,8,10H,7,9,11,18H2,(H,21,25)(H2,19,26,27). The molecular formula is C17H19N7O3S2. The fraction of sp³-hybridized carbons (Fsp3) is 0.176. The van der Waals surface area contributed by atoms with E-state index in [4.69, 9.17) is 11.0 Å². The zero-order chi connectivity index (χ0) is 20.9. The third kappa shape index (κ3) is 5.53. The molecule has 0 unspecified atom stereocenters. The third-order valence-corrected chi connectivity index (χ3v) is 5.78. The van der Waals surface area contributed by atoms with Crippen LogP contribution in [0.15, 0.2) is 58.8 Å². The lowest BCUT2D eigenvalue weighted by Gasteiger charge is -2.06. The molecule has 0 atom stereocenters. The van der Waals surface area contributed by atoms with Crippen LogP contribution < -0.4 is 16.3 Å². The maximum absolute atomic E-state index is 12.0. The Morgan fingerprint density at radius 2 is 1.93 bits per heavy atom. The number of nitrogens with two attached hydrogens (primary N) is 2. The van der Waals surface area contributed by atoms with E-state index in [0.29, 0.717) is 23.9 Å². The van der Waals surface area contributed by atoms with Gasteiger partial charge in [0, 0.05) is 24.5 Å². The van der Waals surface area contributed by atoms with Crippen molar-refractivity contribution >= 4 is 27.7 Å². The maximum atomic E-state index is 12.0. The number of pyridine rings is 1. The second kappa shape index (κ2) is 9.03. The van der Waals surface area contributed by atoms with Crippen LogP contribution in [0.25, 0.3) is 11.4 Å². The predicted molar refractivity (Wildman–Crippen MR) is 109 cm³/mol. The Labute approximate surface area is 171 Å². The average Bonchev–Trinajstić information content (AvgIpc) is 3.07. The van der Waals surface area contributed by atoms with E-state index in [0.717, 1.165) is 11.1 Å². The number of carbonyl (C=O) groups excluding carboxylic acids is 1. The average molecular weight is 434 g/mol. The third-order valence-electron chi connectivity index (χ3n) is 3.90. The van der Waals surface area contributed by atoms with E-state index in [-0.39, 0.29) is 16.6 Å². The first kappa shape index (κ1) is 20.8. The number of carbonyl (C=O) groups is 1. The molecule has 29 heavy (non-hydrogen) atoms. The lowest BCUT2D eigenvalue weighted by atomic mass is 10.1. The van der Waals surface area contributed by atoms with Gasteiger partial charge in [-0.05, 0) is 36.2 Å². The number of nitrogens with one attached hydrogen (secondary N) is 1. The molecule has 1 aromatic carbocycles. The zero-order valence-corrected chi connectivity index (χ0v) is 16.9. The summed E-state index contributed by atoms with van der Waals surface area (Å²) in [6.45, 7) is 0.407. The predicted octanol–water partition coefficient (Wildman–Crippen LogP) is 0.152. The molecule has 5 N–H and O–H groups in total. The number of nitrogens with zero attached hydrogens (tertiary/aromatic N) is 4. The van der Waals surface area contributed by atoms with Crippen molar-refractivity contribution in [2.24, 2.45) is 5.14 Å². The van der Waals surface area contributed by atoms with Crippen molar-refractivity contribution in [3.8, 4) is 11.4 Å². The quantitative estimate of drug-likeness (QED) is 0.334. The zero-order valence-electron chi connectivity index (χ0n) is 15.2. The number of primary sulfonamides is 1. The Balaban J connectivity index is 1.47. The number of benzene rings is 1. The molecule has 3 rings (SSSR count). The summed E-state index contributed by atoms with van der Waals surface area (Å²) in [5.41, 5.74) is 1.61. The molecule has 12 heteroatoms. The van der Waals surface area contributed by atoms with Crippen molar-refractivity contribution in [3.63, 3.8) is 0 Å². The molecule has 0 bridgehead atoms. The first-order chi connectivity index (χ1) is 13.8. The van der Waals surface area contributed by atoms with Crippen molar-refractivity contribution in [3.05, 3.63) is 54.4 Å². The fourth-order valence-corrected chi connectivity index (χ4v) is 3.64. The Morgan fingerprint density at radius 1 is 1.17 bits per heavy atom. The Morgan fingerprint density at radius 3 is 2.59 bits per heavy atom. The van der Waals surface area contributed by atoms with Crippen LogP contribution >= 0.6 is 11.8 Å². The van der Waals surface area contributed by atoms with Crippen LogP contribution in [0, 0.1) is 0 Å². The van der Waals surface area contributed by atoms with Crippen molar-refractivity contribution in [1.29, 1.82) is 0 Å². The molecule has 0 fully saturated rings. The number of amides is 1. The second-order valence-electron chi connectivity index (χ2n) is 6.00. The topological polar surface area (TPSA) is 159 Å². The summed E-state index contributed by atoms with van der Waals surface area (Å²) in [4.78, 5) is 16.1. The molecule has 152 valence electrons. The summed E-state index contributed by atoms with van der Waals surface area (Å²) in [5, 5.41) is 16.3. The normalized spacial score (nSPS) is 11.3. The molecular weight excluding hydrogens is 414 g/mol. The molecule has 0 aliphatic heterocycles. The molecule has 3 aromatic rings. The molecule has 0 saturated heterocycles. The van der Waals surface area contributed by atoms with Gasteiger partial charge in [0.25, 0.3) is 0 Å². The Hall–Kier alpha value is -2.96. The van der Waals surface area contributed by atoms with Crippen LogP contribution in [0.2, 0.25) is 0 Å². The molecule has 0 saturated carbocycles. The number of thioether (sulfide) groups is 1. The van der Waals surface area contributed by atoms with Crippen LogP contribution in [-0.2, 0) is 21.2 Å². The molecule has 0 aliphatic carbocycles. The van der Waals surface area contributed by atoms with E-state index >= 15 is 0 Å². The number of hydrogen-bond acceptors (Lipinski definition) is 8. The van der Waals surface area contributed by atoms with Crippen molar-refractivity contribution < 1.29 is 13.2 Å². The first-order valence-electron chi connectivity index (χ1n) is 8.47. The molecule has 2 heterocycles. The monoisotopic (exact) mass is 433 g/mol. The minimum atomic E-state index is -3.71. The molecule has 1 amide bonds. The van der Waals surface area contributed by atoms with Gasteiger partial charge in [-0.2, -0.15) is 0 Å². The maximum Gasteiger partial charge on any atom is 0.238 e. The van der Waals surface area contributed by atoms with E-state index in [9.17, 15) is 13.2 Å². The van der Waals surface area contributed by atoms with E-state index in [1.807, 2.05) is 6.07 Å². The van der Waals surface area contributed by atoms with Crippen LogP contribution in [0.1, 0.15) is 5.56 Å². The first-order valence-corrected chi connectivity index (χ1v) is 11.0. The Kier molecular flexibility index (Phi) is 6.46. The van der Waals surface area contributed by atoms with Gasteiger partial charge in [0.1, 0.15) is 0 Å². The summed E-state index contributed by atoms with van der Waals surface area (Å²) in [7, 11) is -3.71.